The van der Waals surface area contributed by atoms with Crippen LogP contribution in [0.3, 0.4) is 0 Å². The lowest BCUT2D eigenvalue weighted by molar-refractivity contribution is -0.130. The highest BCUT2D eigenvalue weighted by Gasteiger charge is 2.37. The normalized spacial score (nSPS) is 19.7. The average molecular weight is 363 g/mol. The Morgan fingerprint density at radius 1 is 1.22 bits per heavy atom. The molecule has 3 nitrogen and oxygen atoms in total. The van der Waals surface area contributed by atoms with Gasteiger partial charge < -0.3 is 10.2 Å². The van der Waals surface area contributed by atoms with Crippen molar-refractivity contribution in [1.29, 1.82) is 0 Å². The quantitative estimate of drug-likeness (QED) is 0.839. The third-order valence-electron chi connectivity index (χ3n) is 4.76. The number of piperidine rings is 1. The van der Waals surface area contributed by atoms with Gasteiger partial charge in [0.2, 0.25) is 5.91 Å². The summed E-state index contributed by atoms with van der Waals surface area (Å²) < 4.78 is 26.0. The van der Waals surface area contributed by atoms with Gasteiger partial charge in [-0.1, -0.05) is 0 Å². The van der Waals surface area contributed by atoms with Crippen molar-refractivity contribution in [3.63, 3.8) is 0 Å². The van der Waals surface area contributed by atoms with Crippen LogP contribution in [0.15, 0.2) is 23.1 Å². The Morgan fingerprint density at radius 3 is 2.57 bits per heavy atom. The molecule has 0 bridgehead atoms. The van der Waals surface area contributed by atoms with Crippen LogP contribution in [0.25, 0.3) is 0 Å². The van der Waals surface area contributed by atoms with Gasteiger partial charge in [0.15, 0.2) is 11.6 Å². The molecule has 3 rings (SSSR count). The van der Waals surface area contributed by atoms with Crippen molar-refractivity contribution in [3.8, 4) is 0 Å². The van der Waals surface area contributed by atoms with Crippen molar-refractivity contribution in [2.75, 3.05) is 31.9 Å². The van der Waals surface area contributed by atoms with Gasteiger partial charge in [-0.15, -0.1) is 24.2 Å². The first-order valence-corrected chi connectivity index (χ1v) is 8.63. The molecule has 7 heteroatoms. The summed E-state index contributed by atoms with van der Waals surface area (Å²) in [5.74, 6) is -1.38. The number of thioether (sulfide) groups is 1. The van der Waals surface area contributed by atoms with Crippen molar-refractivity contribution in [2.45, 2.75) is 24.2 Å². The van der Waals surface area contributed by atoms with E-state index in [4.69, 9.17) is 0 Å². The van der Waals surface area contributed by atoms with Crippen LogP contribution in [-0.2, 0) is 4.79 Å². The predicted molar refractivity (Wildman–Crippen MR) is 90.1 cm³/mol. The Hall–Kier alpha value is -0.850. The van der Waals surface area contributed by atoms with Crippen molar-refractivity contribution < 1.29 is 13.6 Å². The third kappa shape index (κ3) is 4.37. The molecule has 0 aromatic heterocycles. The highest BCUT2D eigenvalue weighted by Crippen LogP contribution is 2.37. The summed E-state index contributed by atoms with van der Waals surface area (Å²) in [6.07, 6.45) is 3.32. The van der Waals surface area contributed by atoms with Crippen LogP contribution in [0.1, 0.15) is 19.3 Å². The first kappa shape index (κ1) is 18.5. The summed E-state index contributed by atoms with van der Waals surface area (Å²) in [7, 11) is 0. The molecule has 2 aliphatic heterocycles. The summed E-state index contributed by atoms with van der Waals surface area (Å²) in [5.41, 5.74) is 0.393. The van der Waals surface area contributed by atoms with Crippen molar-refractivity contribution in [1.82, 2.24) is 10.2 Å². The molecule has 0 atom stereocenters. The largest absolute Gasteiger partial charge is 0.342 e. The minimum Gasteiger partial charge on any atom is -0.342 e. The molecule has 1 aromatic rings. The van der Waals surface area contributed by atoms with Crippen LogP contribution in [-0.4, -0.2) is 42.7 Å². The van der Waals surface area contributed by atoms with E-state index >= 15 is 0 Å². The van der Waals surface area contributed by atoms with E-state index in [0.717, 1.165) is 51.2 Å². The smallest absolute Gasteiger partial charge is 0.232 e. The average Bonchev–Trinajstić information content (AvgIpc) is 2.97. The van der Waals surface area contributed by atoms with E-state index in [1.54, 1.807) is 0 Å². The second kappa shape index (κ2) is 7.81. The molecular formula is C16H21ClF2N2OS. The predicted octanol–water partition coefficient (Wildman–Crippen LogP) is 3.08. The molecule has 0 saturated carbocycles. The van der Waals surface area contributed by atoms with Crippen LogP contribution in [0.4, 0.5) is 8.78 Å². The van der Waals surface area contributed by atoms with Crippen LogP contribution >= 0.6 is 24.2 Å². The Morgan fingerprint density at radius 2 is 1.96 bits per heavy atom. The highest BCUT2D eigenvalue weighted by molar-refractivity contribution is 8.00. The number of rotatable bonds is 3. The number of nitrogens with zero attached hydrogens (tertiary/aromatic N) is 1. The molecule has 1 spiro atoms. The van der Waals surface area contributed by atoms with Gasteiger partial charge in [0.1, 0.15) is 0 Å². The molecular weight excluding hydrogens is 342 g/mol. The molecule has 0 radical (unpaired) electrons. The molecule has 2 fully saturated rings. The Labute approximate surface area is 145 Å². The van der Waals surface area contributed by atoms with Gasteiger partial charge >= 0.3 is 0 Å². The maximum atomic E-state index is 13.1. The van der Waals surface area contributed by atoms with E-state index in [0.29, 0.717) is 10.3 Å². The van der Waals surface area contributed by atoms with Gasteiger partial charge in [-0.2, -0.15) is 0 Å². The van der Waals surface area contributed by atoms with E-state index in [-0.39, 0.29) is 24.1 Å². The monoisotopic (exact) mass is 362 g/mol. The number of hydrogen-bond acceptors (Lipinski definition) is 3. The molecule has 0 unspecified atom stereocenters. The summed E-state index contributed by atoms with van der Waals surface area (Å²) in [6.45, 7) is 3.76. The summed E-state index contributed by atoms with van der Waals surface area (Å²) in [4.78, 5) is 14.7. The second-order valence-electron chi connectivity index (χ2n) is 6.17. The first-order chi connectivity index (χ1) is 10.6. The number of carbonyl (C=O) groups excluding carboxylic acids is 1. The topological polar surface area (TPSA) is 32.3 Å². The number of benzene rings is 1. The fraction of sp³-hybridized carbons (Fsp3) is 0.562. The summed E-state index contributed by atoms with van der Waals surface area (Å²) in [6, 6.07) is 3.74. The van der Waals surface area contributed by atoms with Gasteiger partial charge in [-0.3, -0.25) is 4.79 Å². The maximum absolute atomic E-state index is 13.1. The molecule has 1 amide bonds. The van der Waals surface area contributed by atoms with Gasteiger partial charge in [0.05, 0.1) is 5.75 Å². The second-order valence-corrected chi connectivity index (χ2v) is 7.22. The minimum atomic E-state index is -0.869. The molecule has 0 aliphatic carbocycles. The maximum Gasteiger partial charge on any atom is 0.232 e. The number of halogens is 3. The zero-order valence-corrected chi connectivity index (χ0v) is 14.4. The van der Waals surface area contributed by atoms with E-state index in [9.17, 15) is 13.6 Å². The number of likely N-dealkylation sites (tertiary alicyclic amines) is 1. The highest BCUT2D eigenvalue weighted by atomic mass is 35.5. The molecule has 2 aliphatic rings. The molecule has 23 heavy (non-hydrogen) atoms. The lowest BCUT2D eigenvalue weighted by Gasteiger charge is -2.38. The fourth-order valence-electron chi connectivity index (χ4n) is 3.26. The molecule has 2 saturated heterocycles. The van der Waals surface area contributed by atoms with Gasteiger partial charge in [0, 0.05) is 24.5 Å². The number of carbonyl (C=O) groups is 1. The minimum absolute atomic E-state index is 0. The zero-order chi connectivity index (χ0) is 15.6. The van der Waals surface area contributed by atoms with Crippen LogP contribution < -0.4 is 5.32 Å². The van der Waals surface area contributed by atoms with Crippen molar-refractivity contribution in [3.05, 3.63) is 29.8 Å². The van der Waals surface area contributed by atoms with Gasteiger partial charge in [0.25, 0.3) is 0 Å². The summed E-state index contributed by atoms with van der Waals surface area (Å²) in [5, 5.41) is 3.41. The molecule has 1 N–H and O–H groups in total. The number of nitrogens with one attached hydrogen (secondary N) is 1. The molecule has 2 heterocycles. The van der Waals surface area contributed by atoms with E-state index < -0.39 is 11.6 Å². The standard InChI is InChI=1S/C16H20F2N2OS.ClH/c17-13-2-1-12(9-14(13)18)22-10-15(21)20-7-4-16(5-8-20)3-6-19-11-16;/h1-2,9,19H,3-8,10-11H2;1H. The Kier molecular flexibility index (Phi) is 6.28. The van der Waals surface area contributed by atoms with Crippen molar-refractivity contribution >= 4 is 30.1 Å². The summed E-state index contributed by atoms with van der Waals surface area (Å²) >= 11 is 1.26. The van der Waals surface area contributed by atoms with Gasteiger partial charge in [-0.25, -0.2) is 8.78 Å². The Balaban J connectivity index is 0.00000192. The molecule has 1 aromatic carbocycles. The van der Waals surface area contributed by atoms with E-state index in [1.807, 2.05) is 4.90 Å². The lowest BCUT2D eigenvalue weighted by Crippen LogP contribution is -2.44. The van der Waals surface area contributed by atoms with E-state index in [2.05, 4.69) is 5.32 Å². The number of amides is 1. The van der Waals surface area contributed by atoms with E-state index in [1.165, 1.54) is 24.2 Å². The lowest BCUT2D eigenvalue weighted by atomic mass is 9.78. The third-order valence-corrected chi connectivity index (χ3v) is 5.74. The fourth-order valence-corrected chi connectivity index (χ4v) is 4.08. The van der Waals surface area contributed by atoms with Gasteiger partial charge in [-0.05, 0) is 49.4 Å². The first-order valence-electron chi connectivity index (χ1n) is 7.64. The molecule has 128 valence electrons. The Bertz CT molecular complexity index is 557. The van der Waals surface area contributed by atoms with Crippen LogP contribution in [0.2, 0.25) is 0 Å². The van der Waals surface area contributed by atoms with Crippen molar-refractivity contribution in [2.24, 2.45) is 5.41 Å². The number of hydrogen-bond donors (Lipinski definition) is 1. The SMILES string of the molecule is Cl.O=C(CSc1ccc(F)c(F)c1)N1CCC2(CCNC2)CC1. The van der Waals surface area contributed by atoms with Crippen LogP contribution in [0.5, 0.6) is 0 Å². The van der Waals surface area contributed by atoms with Crippen LogP contribution in [0, 0.1) is 17.0 Å². The zero-order valence-electron chi connectivity index (χ0n) is 12.8.